The summed E-state index contributed by atoms with van der Waals surface area (Å²) in [7, 11) is 0. The van der Waals surface area contributed by atoms with Crippen molar-refractivity contribution in [3.05, 3.63) is 71.5 Å². The van der Waals surface area contributed by atoms with Crippen LogP contribution in [0.15, 0.2) is 54.6 Å². The molecule has 27 heavy (non-hydrogen) atoms. The van der Waals surface area contributed by atoms with Gasteiger partial charge in [-0.05, 0) is 43.7 Å². The van der Waals surface area contributed by atoms with Gasteiger partial charge in [-0.3, -0.25) is 4.79 Å². The van der Waals surface area contributed by atoms with Crippen molar-refractivity contribution in [2.75, 3.05) is 31.1 Å². The maximum atomic E-state index is 13.0. The van der Waals surface area contributed by atoms with Gasteiger partial charge in [0.2, 0.25) is 0 Å². The maximum absolute atomic E-state index is 13.0. The molecule has 0 N–H and O–H groups in total. The van der Waals surface area contributed by atoms with Gasteiger partial charge in [-0.25, -0.2) is 0 Å². The molecule has 0 radical (unpaired) electrons. The number of piperazine rings is 1. The lowest BCUT2D eigenvalue weighted by Crippen LogP contribution is -2.49. The average molecular weight is 361 g/mol. The van der Waals surface area contributed by atoms with Crippen molar-refractivity contribution in [3.8, 4) is 5.69 Å². The van der Waals surface area contributed by atoms with E-state index >= 15 is 0 Å². The molecule has 0 spiro atoms. The van der Waals surface area contributed by atoms with Gasteiger partial charge in [0.05, 0.1) is 11.4 Å². The van der Waals surface area contributed by atoms with Crippen molar-refractivity contribution < 1.29 is 4.79 Å². The van der Waals surface area contributed by atoms with Crippen LogP contribution in [-0.2, 0) is 0 Å². The lowest BCUT2D eigenvalue weighted by atomic mass is 10.2. The molecule has 0 bridgehead atoms. The second-order valence-corrected chi connectivity index (χ2v) is 6.88. The first-order valence-corrected chi connectivity index (χ1v) is 9.22. The highest BCUT2D eigenvalue weighted by Gasteiger charge is 2.26. The molecule has 0 saturated carbocycles. The molecule has 138 valence electrons. The minimum absolute atomic E-state index is 0.0430. The van der Waals surface area contributed by atoms with Crippen LogP contribution in [0.2, 0.25) is 0 Å². The number of aromatic nitrogens is 3. The van der Waals surface area contributed by atoms with Gasteiger partial charge in [-0.2, -0.15) is 9.90 Å². The number of aryl methyl sites for hydroxylation is 2. The van der Waals surface area contributed by atoms with Gasteiger partial charge in [0, 0.05) is 31.9 Å². The van der Waals surface area contributed by atoms with Crippen LogP contribution >= 0.6 is 0 Å². The molecular formula is C21H23N5O. The van der Waals surface area contributed by atoms with E-state index in [4.69, 9.17) is 0 Å². The molecule has 0 aliphatic carbocycles. The molecule has 1 amide bonds. The van der Waals surface area contributed by atoms with Crippen LogP contribution in [0.4, 0.5) is 5.69 Å². The molecule has 1 fully saturated rings. The summed E-state index contributed by atoms with van der Waals surface area (Å²) in [4.78, 5) is 18.7. The second kappa shape index (κ2) is 7.23. The Morgan fingerprint density at radius 3 is 2.26 bits per heavy atom. The van der Waals surface area contributed by atoms with Crippen LogP contribution in [0.3, 0.4) is 0 Å². The van der Waals surface area contributed by atoms with E-state index in [0.717, 1.165) is 18.8 Å². The molecule has 1 aromatic heterocycles. The van der Waals surface area contributed by atoms with Crippen molar-refractivity contribution in [2.24, 2.45) is 0 Å². The summed E-state index contributed by atoms with van der Waals surface area (Å²) >= 11 is 0. The summed E-state index contributed by atoms with van der Waals surface area (Å²) in [5, 5.41) is 8.86. The number of hydrogen-bond acceptors (Lipinski definition) is 4. The molecule has 0 atom stereocenters. The molecular weight excluding hydrogens is 338 g/mol. The third kappa shape index (κ3) is 3.56. The van der Waals surface area contributed by atoms with E-state index in [-0.39, 0.29) is 5.91 Å². The molecule has 2 heterocycles. The molecule has 4 rings (SSSR count). The largest absolute Gasteiger partial charge is 0.368 e. The topological polar surface area (TPSA) is 54.3 Å². The average Bonchev–Trinajstić information content (AvgIpc) is 3.10. The Labute approximate surface area is 159 Å². The summed E-state index contributed by atoms with van der Waals surface area (Å²) in [6.07, 6.45) is 0. The first-order valence-electron chi connectivity index (χ1n) is 9.22. The highest BCUT2D eigenvalue weighted by atomic mass is 16.2. The van der Waals surface area contributed by atoms with Crippen LogP contribution in [0.25, 0.3) is 5.69 Å². The van der Waals surface area contributed by atoms with Crippen LogP contribution in [0.1, 0.15) is 21.7 Å². The zero-order valence-corrected chi connectivity index (χ0v) is 15.7. The predicted molar refractivity (Wildman–Crippen MR) is 105 cm³/mol. The van der Waals surface area contributed by atoms with Crippen molar-refractivity contribution in [1.82, 2.24) is 19.9 Å². The minimum atomic E-state index is -0.0430. The van der Waals surface area contributed by atoms with E-state index in [1.807, 2.05) is 42.2 Å². The quantitative estimate of drug-likeness (QED) is 0.720. The first-order chi connectivity index (χ1) is 13.1. The number of amides is 1. The Bertz CT molecular complexity index is 942. The zero-order valence-electron chi connectivity index (χ0n) is 15.7. The van der Waals surface area contributed by atoms with Crippen molar-refractivity contribution in [2.45, 2.75) is 13.8 Å². The zero-order chi connectivity index (χ0) is 18.8. The number of para-hydroxylation sites is 1. The molecule has 2 aromatic carbocycles. The number of benzene rings is 2. The highest BCUT2D eigenvalue weighted by molar-refractivity contribution is 5.93. The van der Waals surface area contributed by atoms with Crippen LogP contribution in [0, 0.1) is 13.8 Å². The third-order valence-electron chi connectivity index (χ3n) is 4.91. The molecule has 1 saturated heterocycles. The number of hydrogen-bond donors (Lipinski definition) is 0. The summed E-state index contributed by atoms with van der Waals surface area (Å²) in [6.45, 7) is 6.95. The fourth-order valence-electron chi connectivity index (χ4n) is 3.40. The van der Waals surface area contributed by atoms with Gasteiger partial charge in [0.1, 0.15) is 0 Å². The number of carbonyl (C=O) groups excluding carboxylic acids is 1. The SMILES string of the molecule is Cc1cccc(N2CCN(C(=O)c3nn(-c4ccccc4)nc3C)CC2)c1. The van der Waals surface area contributed by atoms with Crippen LogP contribution in [-0.4, -0.2) is 52.0 Å². The monoisotopic (exact) mass is 361 g/mol. The number of nitrogens with zero attached hydrogens (tertiary/aromatic N) is 5. The smallest absolute Gasteiger partial charge is 0.276 e. The van der Waals surface area contributed by atoms with Gasteiger partial charge in [-0.15, -0.1) is 5.10 Å². The van der Waals surface area contributed by atoms with E-state index in [9.17, 15) is 4.79 Å². The molecule has 1 aliphatic rings. The fraction of sp³-hybridized carbons (Fsp3) is 0.286. The Balaban J connectivity index is 1.46. The van der Waals surface area contributed by atoms with Gasteiger partial charge in [-0.1, -0.05) is 30.3 Å². The maximum Gasteiger partial charge on any atom is 0.276 e. The number of rotatable bonds is 3. The van der Waals surface area contributed by atoms with Gasteiger partial charge in [0.15, 0.2) is 5.69 Å². The minimum Gasteiger partial charge on any atom is -0.368 e. The highest BCUT2D eigenvalue weighted by Crippen LogP contribution is 2.19. The standard InChI is InChI=1S/C21H23N5O/c1-16-7-6-10-19(15-16)24-11-13-25(14-12-24)21(27)20-17(2)22-26(23-20)18-8-4-3-5-9-18/h3-10,15H,11-14H2,1-2H3. The Kier molecular flexibility index (Phi) is 4.62. The van der Waals surface area contributed by atoms with E-state index in [1.165, 1.54) is 16.0 Å². The second-order valence-electron chi connectivity index (χ2n) is 6.88. The van der Waals surface area contributed by atoms with E-state index < -0.39 is 0 Å². The van der Waals surface area contributed by atoms with Crippen molar-refractivity contribution in [3.63, 3.8) is 0 Å². The Morgan fingerprint density at radius 2 is 1.56 bits per heavy atom. The molecule has 6 heteroatoms. The normalized spacial score (nSPS) is 14.4. The summed E-state index contributed by atoms with van der Waals surface area (Å²) in [5.41, 5.74) is 4.41. The summed E-state index contributed by atoms with van der Waals surface area (Å²) in [5.74, 6) is -0.0430. The predicted octanol–water partition coefficient (Wildman–Crippen LogP) is 2.85. The van der Waals surface area contributed by atoms with Gasteiger partial charge in [0.25, 0.3) is 5.91 Å². The van der Waals surface area contributed by atoms with E-state index in [1.54, 1.807) is 0 Å². The van der Waals surface area contributed by atoms with E-state index in [2.05, 4.69) is 46.3 Å². The first kappa shape index (κ1) is 17.3. The Morgan fingerprint density at radius 1 is 0.852 bits per heavy atom. The fourth-order valence-corrected chi connectivity index (χ4v) is 3.40. The van der Waals surface area contributed by atoms with E-state index in [0.29, 0.717) is 24.5 Å². The van der Waals surface area contributed by atoms with Crippen LogP contribution in [0.5, 0.6) is 0 Å². The summed E-state index contributed by atoms with van der Waals surface area (Å²) in [6, 6.07) is 18.1. The van der Waals surface area contributed by atoms with Gasteiger partial charge >= 0.3 is 0 Å². The molecule has 3 aromatic rings. The van der Waals surface area contributed by atoms with Crippen LogP contribution < -0.4 is 4.90 Å². The Hall–Kier alpha value is -3.15. The summed E-state index contributed by atoms with van der Waals surface area (Å²) < 4.78 is 0. The van der Waals surface area contributed by atoms with Crippen molar-refractivity contribution >= 4 is 11.6 Å². The number of carbonyl (C=O) groups is 1. The van der Waals surface area contributed by atoms with Crippen molar-refractivity contribution in [1.29, 1.82) is 0 Å². The van der Waals surface area contributed by atoms with Gasteiger partial charge < -0.3 is 9.80 Å². The molecule has 6 nitrogen and oxygen atoms in total. The lowest BCUT2D eigenvalue weighted by molar-refractivity contribution is 0.0739. The lowest BCUT2D eigenvalue weighted by Gasteiger charge is -2.36. The molecule has 0 unspecified atom stereocenters. The molecule has 1 aliphatic heterocycles. The number of anilines is 1. The third-order valence-corrected chi connectivity index (χ3v) is 4.91.